The molecule has 0 saturated heterocycles. The van der Waals surface area contributed by atoms with E-state index in [-0.39, 0.29) is 11.8 Å². The van der Waals surface area contributed by atoms with Gasteiger partial charge in [0.15, 0.2) is 0 Å². The minimum absolute atomic E-state index is 0.0746. The molecule has 1 aliphatic rings. The van der Waals surface area contributed by atoms with Crippen molar-refractivity contribution in [1.82, 2.24) is 14.5 Å². The van der Waals surface area contributed by atoms with E-state index in [1.165, 1.54) is 0 Å². The molecule has 2 heterocycles. The molecule has 1 amide bonds. The first-order chi connectivity index (χ1) is 10.2. The number of amides is 1. The minimum atomic E-state index is 0.0746. The van der Waals surface area contributed by atoms with E-state index in [1.807, 2.05) is 29.8 Å². The molecule has 1 atom stereocenters. The van der Waals surface area contributed by atoms with Gasteiger partial charge in [0, 0.05) is 18.3 Å². The normalized spacial score (nSPS) is 17.7. The first-order valence-corrected chi connectivity index (χ1v) is 7.16. The number of carbonyl (C=O) groups excluding carboxylic acids is 1. The summed E-state index contributed by atoms with van der Waals surface area (Å²) < 4.78 is 1.90. The molecule has 0 aliphatic heterocycles. The monoisotopic (exact) mass is 282 g/mol. The van der Waals surface area contributed by atoms with E-state index < -0.39 is 0 Å². The smallest absolute Gasteiger partial charge is 0.227 e. The van der Waals surface area contributed by atoms with Crippen LogP contribution in [-0.2, 0) is 4.79 Å². The zero-order valence-electron chi connectivity index (χ0n) is 12.0. The van der Waals surface area contributed by atoms with Gasteiger partial charge in [-0.05, 0) is 38.3 Å². The summed E-state index contributed by atoms with van der Waals surface area (Å²) in [5.41, 5.74) is 0.732. The molecule has 0 fully saturated rings. The summed E-state index contributed by atoms with van der Waals surface area (Å²) in [4.78, 5) is 20.7. The molecule has 0 aromatic carbocycles. The van der Waals surface area contributed by atoms with E-state index in [4.69, 9.17) is 0 Å². The highest BCUT2D eigenvalue weighted by Crippen LogP contribution is 2.20. The summed E-state index contributed by atoms with van der Waals surface area (Å²) >= 11 is 0. The van der Waals surface area contributed by atoms with E-state index in [0.717, 1.165) is 36.6 Å². The lowest BCUT2D eigenvalue weighted by Crippen LogP contribution is -2.23. The molecule has 1 N–H and O–H groups in total. The van der Waals surface area contributed by atoms with Crippen molar-refractivity contribution in [3.63, 3.8) is 0 Å². The topological polar surface area (TPSA) is 59.8 Å². The summed E-state index contributed by atoms with van der Waals surface area (Å²) in [6.07, 6.45) is 12.2. The van der Waals surface area contributed by atoms with Gasteiger partial charge in [0.2, 0.25) is 5.91 Å². The molecule has 2 aromatic rings. The van der Waals surface area contributed by atoms with Gasteiger partial charge in [-0.15, -0.1) is 0 Å². The van der Waals surface area contributed by atoms with E-state index in [2.05, 4.69) is 27.4 Å². The van der Waals surface area contributed by atoms with Crippen molar-refractivity contribution in [1.29, 1.82) is 0 Å². The summed E-state index contributed by atoms with van der Waals surface area (Å²) in [5.74, 6) is 1.83. The number of carbonyl (C=O) groups is 1. The average Bonchev–Trinajstić information content (AvgIpc) is 2.95. The van der Waals surface area contributed by atoms with Gasteiger partial charge in [0.1, 0.15) is 11.6 Å². The maximum absolute atomic E-state index is 12.1. The number of imidazole rings is 1. The predicted octanol–water partition coefficient (Wildman–Crippen LogP) is 2.87. The van der Waals surface area contributed by atoms with Gasteiger partial charge in [-0.1, -0.05) is 12.2 Å². The highest BCUT2D eigenvalue weighted by Gasteiger charge is 2.18. The summed E-state index contributed by atoms with van der Waals surface area (Å²) in [6.45, 7) is 1.92. The number of hydrogen-bond donors (Lipinski definition) is 1. The van der Waals surface area contributed by atoms with Crippen LogP contribution in [0.4, 0.5) is 5.69 Å². The summed E-state index contributed by atoms with van der Waals surface area (Å²) in [5, 5.41) is 2.94. The van der Waals surface area contributed by atoms with Crippen molar-refractivity contribution >= 4 is 11.6 Å². The van der Waals surface area contributed by atoms with Crippen molar-refractivity contribution in [3.8, 4) is 5.82 Å². The van der Waals surface area contributed by atoms with Crippen LogP contribution in [0.2, 0.25) is 0 Å². The maximum atomic E-state index is 12.1. The summed E-state index contributed by atoms with van der Waals surface area (Å²) in [7, 11) is 0. The fraction of sp³-hybridized carbons (Fsp3) is 0.312. The summed E-state index contributed by atoms with van der Waals surface area (Å²) in [6, 6.07) is 3.75. The Morgan fingerprint density at radius 3 is 2.86 bits per heavy atom. The number of anilines is 1. The van der Waals surface area contributed by atoms with E-state index in [0.29, 0.717) is 0 Å². The molecule has 5 nitrogen and oxygen atoms in total. The third-order valence-corrected chi connectivity index (χ3v) is 3.73. The molecule has 0 saturated carbocycles. The Kier molecular flexibility index (Phi) is 3.81. The second-order valence-electron chi connectivity index (χ2n) is 5.22. The fourth-order valence-electron chi connectivity index (χ4n) is 2.50. The maximum Gasteiger partial charge on any atom is 0.227 e. The van der Waals surface area contributed by atoms with Gasteiger partial charge in [0.25, 0.3) is 0 Å². The highest BCUT2D eigenvalue weighted by atomic mass is 16.1. The molecule has 1 aliphatic carbocycles. The quantitative estimate of drug-likeness (QED) is 0.881. The third kappa shape index (κ3) is 3.02. The predicted molar refractivity (Wildman–Crippen MR) is 81.2 cm³/mol. The van der Waals surface area contributed by atoms with Gasteiger partial charge in [-0.25, -0.2) is 9.97 Å². The standard InChI is InChI=1S/C16H18N4O/c1-12-17-9-10-20(12)15-8-7-14(11-18-15)19-16(21)13-5-3-2-4-6-13/h2-3,7-11,13H,4-6H2,1H3,(H,19,21). The molecule has 21 heavy (non-hydrogen) atoms. The first kappa shape index (κ1) is 13.5. The second kappa shape index (κ2) is 5.91. The van der Waals surface area contributed by atoms with Gasteiger partial charge in [-0.2, -0.15) is 0 Å². The van der Waals surface area contributed by atoms with Crippen molar-refractivity contribution in [3.05, 3.63) is 48.7 Å². The van der Waals surface area contributed by atoms with E-state index in [1.54, 1.807) is 12.4 Å². The van der Waals surface area contributed by atoms with Crippen LogP contribution >= 0.6 is 0 Å². The molecule has 108 valence electrons. The Labute approximate surface area is 123 Å². The number of nitrogens with one attached hydrogen (secondary N) is 1. The number of aromatic nitrogens is 3. The van der Waals surface area contributed by atoms with Crippen molar-refractivity contribution < 1.29 is 4.79 Å². The molecule has 0 radical (unpaired) electrons. The number of hydrogen-bond acceptors (Lipinski definition) is 3. The van der Waals surface area contributed by atoms with Crippen LogP contribution in [0, 0.1) is 12.8 Å². The largest absolute Gasteiger partial charge is 0.324 e. The fourth-order valence-corrected chi connectivity index (χ4v) is 2.50. The zero-order chi connectivity index (χ0) is 14.7. The highest BCUT2D eigenvalue weighted by molar-refractivity contribution is 5.92. The Bertz CT molecular complexity index is 657. The Morgan fingerprint density at radius 1 is 1.33 bits per heavy atom. The number of rotatable bonds is 3. The molecule has 0 bridgehead atoms. The minimum Gasteiger partial charge on any atom is -0.324 e. The van der Waals surface area contributed by atoms with Crippen molar-refractivity contribution in [2.24, 2.45) is 5.92 Å². The first-order valence-electron chi connectivity index (χ1n) is 7.16. The van der Waals surface area contributed by atoms with E-state index in [9.17, 15) is 4.79 Å². The SMILES string of the molecule is Cc1nccn1-c1ccc(NC(=O)C2CC=CCC2)cn1. The van der Waals surface area contributed by atoms with Crippen LogP contribution in [0.15, 0.2) is 42.9 Å². The van der Waals surface area contributed by atoms with Gasteiger partial charge < -0.3 is 5.32 Å². The van der Waals surface area contributed by atoms with Crippen molar-refractivity contribution in [2.45, 2.75) is 26.2 Å². The zero-order valence-corrected chi connectivity index (χ0v) is 12.0. The molecule has 0 spiro atoms. The van der Waals surface area contributed by atoms with Crippen LogP contribution in [0.1, 0.15) is 25.1 Å². The van der Waals surface area contributed by atoms with Gasteiger partial charge in [0.05, 0.1) is 11.9 Å². The molecule has 2 aromatic heterocycles. The van der Waals surface area contributed by atoms with Gasteiger partial charge in [-0.3, -0.25) is 9.36 Å². The second-order valence-corrected chi connectivity index (χ2v) is 5.22. The number of allylic oxidation sites excluding steroid dienone is 2. The molecule has 5 heteroatoms. The molecule has 3 rings (SSSR count). The lowest BCUT2D eigenvalue weighted by Gasteiger charge is -2.17. The molecular formula is C16H18N4O. The lowest BCUT2D eigenvalue weighted by atomic mass is 9.93. The van der Waals surface area contributed by atoms with Crippen molar-refractivity contribution in [2.75, 3.05) is 5.32 Å². The Hall–Kier alpha value is -2.43. The number of aryl methyl sites for hydroxylation is 1. The van der Waals surface area contributed by atoms with E-state index >= 15 is 0 Å². The molecule has 1 unspecified atom stereocenters. The Morgan fingerprint density at radius 2 is 2.24 bits per heavy atom. The average molecular weight is 282 g/mol. The van der Waals surface area contributed by atoms with Crippen LogP contribution < -0.4 is 5.32 Å². The Balaban J connectivity index is 1.68. The third-order valence-electron chi connectivity index (χ3n) is 3.73. The van der Waals surface area contributed by atoms with Crippen LogP contribution in [0.25, 0.3) is 5.82 Å². The van der Waals surface area contributed by atoms with Crippen LogP contribution in [-0.4, -0.2) is 20.4 Å². The van der Waals surface area contributed by atoms with Gasteiger partial charge >= 0.3 is 0 Å². The number of nitrogens with zero attached hydrogens (tertiary/aromatic N) is 3. The van der Waals surface area contributed by atoms with Crippen LogP contribution in [0.5, 0.6) is 0 Å². The molecular weight excluding hydrogens is 264 g/mol. The van der Waals surface area contributed by atoms with Crippen LogP contribution in [0.3, 0.4) is 0 Å². The number of pyridine rings is 1. The lowest BCUT2D eigenvalue weighted by molar-refractivity contribution is -0.120.